The van der Waals surface area contributed by atoms with Crippen molar-refractivity contribution in [2.24, 2.45) is 0 Å². The maximum atomic E-state index is 12.2. The number of carbonyl (C=O) groups excluding carboxylic acids is 1. The first-order valence-electron chi connectivity index (χ1n) is 9.17. The number of rotatable bonds is 8. The normalized spacial score (nSPS) is 10.4. The van der Waals surface area contributed by atoms with Crippen LogP contribution in [-0.2, 0) is 11.2 Å². The molecule has 0 saturated heterocycles. The van der Waals surface area contributed by atoms with Crippen molar-refractivity contribution in [2.45, 2.75) is 12.8 Å². The number of carbonyl (C=O) groups is 1. The van der Waals surface area contributed by atoms with E-state index in [9.17, 15) is 25.0 Å². The quantitative estimate of drug-likeness (QED) is 0.306. The van der Waals surface area contributed by atoms with Crippen molar-refractivity contribution in [3.05, 3.63) is 96.5 Å². The number of hydrogen-bond donors (Lipinski definition) is 1. The summed E-state index contributed by atoms with van der Waals surface area (Å²) in [6, 6.07) is 14.5. The molecule has 0 spiro atoms. The fraction of sp³-hybridized carbons (Fsp3) is 0.0952. The lowest BCUT2D eigenvalue weighted by Gasteiger charge is -2.09. The van der Waals surface area contributed by atoms with Crippen molar-refractivity contribution in [3.8, 4) is 11.5 Å². The molecule has 0 atom stereocenters. The maximum absolute atomic E-state index is 12.2. The average Bonchev–Trinajstić information content (AvgIpc) is 2.75. The van der Waals surface area contributed by atoms with Crippen LogP contribution >= 0.6 is 23.2 Å². The molecule has 1 amide bonds. The minimum atomic E-state index is -0.732. The van der Waals surface area contributed by atoms with Crippen LogP contribution in [0.3, 0.4) is 0 Å². The highest BCUT2D eigenvalue weighted by Gasteiger charge is 2.17. The third kappa shape index (κ3) is 6.16. The second-order valence-electron chi connectivity index (χ2n) is 6.62. The molecular formula is C21H15Cl2N3O6. The first-order valence-corrected chi connectivity index (χ1v) is 9.92. The number of non-ortho nitro benzene ring substituents is 2. The van der Waals surface area contributed by atoms with Crippen LogP contribution in [0.4, 0.5) is 17.1 Å². The number of anilines is 1. The number of nitro groups is 2. The third-order valence-corrected chi connectivity index (χ3v) is 4.86. The van der Waals surface area contributed by atoms with Crippen molar-refractivity contribution < 1.29 is 19.4 Å². The van der Waals surface area contributed by atoms with Crippen LogP contribution in [0.1, 0.15) is 12.0 Å². The standard InChI is InChI=1S/C21H15Cl2N3O6/c22-14-4-7-19(23)20(9-14)24-21(27)8-3-13-1-5-17(6-2-13)32-18-11-15(25(28)29)10-16(12-18)26(30)31/h1-2,4-7,9-12H,3,8H2,(H,24,27). The lowest BCUT2D eigenvalue weighted by Crippen LogP contribution is -2.12. The molecule has 3 aromatic carbocycles. The van der Waals surface area contributed by atoms with Gasteiger partial charge in [0.15, 0.2) is 0 Å². The van der Waals surface area contributed by atoms with Gasteiger partial charge in [-0.3, -0.25) is 25.0 Å². The van der Waals surface area contributed by atoms with Crippen molar-refractivity contribution in [3.63, 3.8) is 0 Å². The Balaban J connectivity index is 1.62. The van der Waals surface area contributed by atoms with Crippen LogP contribution in [0.15, 0.2) is 60.7 Å². The Morgan fingerprint density at radius 2 is 1.50 bits per heavy atom. The molecule has 0 aliphatic carbocycles. The predicted octanol–water partition coefficient (Wildman–Crippen LogP) is 6.17. The number of amides is 1. The molecule has 9 nitrogen and oxygen atoms in total. The highest BCUT2D eigenvalue weighted by atomic mass is 35.5. The highest BCUT2D eigenvalue weighted by Crippen LogP contribution is 2.31. The summed E-state index contributed by atoms with van der Waals surface area (Å²) in [5.41, 5.74) is 0.377. The van der Waals surface area contributed by atoms with Gasteiger partial charge >= 0.3 is 0 Å². The molecule has 0 aliphatic rings. The summed E-state index contributed by atoms with van der Waals surface area (Å²) in [5.74, 6) is 0.0635. The summed E-state index contributed by atoms with van der Waals surface area (Å²) in [7, 11) is 0. The van der Waals surface area contributed by atoms with Crippen LogP contribution in [0.2, 0.25) is 10.0 Å². The lowest BCUT2D eigenvalue weighted by molar-refractivity contribution is -0.394. The molecule has 0 heterocycles. The van der Waals surface area contributed by atoms with Crippen LogP contribution in [0.5, 0.6) is 11.5 Å². The van der Waals surface area contributed by atoms with Gasteiger partial charge in [0.05, 0.1) is 38.8 Å². The molecule has 164 valence electrons. The minimum Gasteiger partial charge on any atom is -0.457 e. The van der Waals surface area contributed by atoms with E-state index >= 15 is 0 Å². The monoisotopic (exact) mass is 475 g/mol. The number of aryl methyl sites for hydroxylation is 1. The molecule has 0 radical (unpaired) electrons. The zero-order chi connectivity index (χ0) is 23.3. The van der Waals surface area contributed by atoms with Crippen LogP contribution in [0, 0.1) is 20.2 Å². The fourth-order valence-electron chi connectivity index (χ4n) is 2.76. The van der Waals surface area contributed by atoms with Gasteiger partial charge in [-0.15, -0.1) is 0 Å². The van der Waals surface area contributed by atoms with E-state index in [2.05, 4.69) is 5.32 Å². The number of benzene rings is 3. The van der Waals surface area contributed by atoms with Crippen LogP contribution in [-0.4, -0.2) is 15.8 Å². The van der Waals surface area contributed by atoms with E-state index in [1.807, 2.05) is 0 Å². The Kier molecular flexibility index (Phi) is 7.24. The molecular weight excluding hydrogens is 461 g/mol. The molecule has 0 aliphatic heterocycles. The molecule has 0 bridgehead atoms. The van der Waals surface area contributed by atoms with Crippen molar-refractivity contribution in [1.82, 2.24) is 0 Å². The van der Waals surface area contributed by atoms with E-state index < -0.39 is 21.2 Å². The largest absolute Gasteiger partial charge is 0.457 e. The van der Waals surface area contributed by atoms with Gasteiger partial charge in [0, 0.05) is 11.4 Å². The summed E-state index contributed by atoms with van der Waals surface area (Å²) in [6.07, 6.45) is 0.632. The summed E-state index contributed by atoms with van der Waals surface area (Å²) in [5, 5.41) is 25.5. The molecule has 11 heteroatoms. The summed E-state index contributed by atoms with van der Waals surface area (Å²) in [4.78, 5) is 32.7. The molecule has 3 aromatic rings. The number of nitro benzene ring substituents is 2. The van der Waals surface area contributed by atoms with Gasteiger partial charge in [-0.2, -0.15) is 0 Å². The topological polar surface area (TPSA) is 125 Å². The second kappa shape index (κ2) is 10.1. The Labute approximate surface area is 191 Å². The van der Waals surface area contributed by atoms with E-state index in [0.29, 0.717) is 27.9 Å². The third-order valence-electron chi connectivity index (χ3n) is 4.30. The molecule has 0 aromatic heterocycles. The number of ether oxygens (including phenoxy) is 1. The van der Waals surface area contributed by atoms with Crippen molar-refractivity contribution in [1.29, 1.82) is 0 Å². The average molecular weight is 476 g/mol. The number of halogens is 2. The zero-order valence-electron chi connectivity index (χ0n) is 16.3. The van der Waals surface area contributed by atoms with Gasteiger partial charge in [-0.1, -0.05) is 35.3 Å². The van der Waals surface area contributed by atoms with Crippen molar-refractivity contribution >= 4 is 46.2 Å². The summed E-state index contributed by atoms with van der Waals surface area (Å²) >= 11 is 11.9. The molecule has 1 N–H and O–H groups in total. The van der Waals surface area contributed by atoms with E-state index in [4.69, 9.17) is 27.9 Å². The lowest BCUT2D eigenvalue weighted by atomic mass is 10.1. The fourth-order valence-corrected chi connectivity index (χ4v) is 3.10. The van der Waals surface area contributed by atoms with Crippen molar-refractivity contribution in [2.75, 3.05) is 5.32 Å². The SMILES string of the molecule is O=C(CCc1ccc(Oc2cc([N+](=O)[O-])cc([N+](=O)[O-])c2)cc1)Nc1cc(Cl)ccc1Cl. The predicted molar refractivity (Wildman–Crippen MR) is 120 cm³/mol. The van der Waals surface area contributed by atoms with Crippen LogP contribution in [0.25, 0.3) is 0 Å². The zero-order valence-corrected chi connectivity index (χ0v) is 17.8. The van der Waals surface area contributed by atoms with E-state index in [1.165, 1.54) is 0 Å². The Morgan fingerprint density at radius 3 is 2.09 bits per heavy atom. The Morgan fingerprint density at radius 1 is 0.875 bits per heavy atom. The Bertz CT molecular complexity index is 1150. The molecule has 3 rings (SSSR count). The molecule has 0 fully saturated rings. The summed E-state index contributed by atoms with van der Waals surface area (Å²) < 4.78 is 5.53. The van der Waals surface area contributed by atoms with Gasteiger partial charge in [-0.25, -0.2) is 0 Å². The smallest absolute Gasteiger partial charge is 0.280 e. The first-order chi connectivity index (χ1) is 15.2. The van der Waals surface area contributed by atoms with Gasteiger partial charge in [0.1, 0.15) is 11.5 Å². The Hall–Kier alpha value is -3.69. The second-order valence-corrected chi connectivity index (χ2v) is 7.46. The molecule has 0 saturated carbocycles. The number of nitrogens with one attached hydrogen (secondary N) is 1. The first kappa shape index (κ1) is 23.0. The van der Waals surface area contributed by atoms with Gasteiger partial charge in [0.25, 0.3) is 11.4 Å². The van der Waals surface area contributed by atoms with E-state index in [0.717, 1.165) is 23.8 Å². The number of nitrogens with zero attached hydrogens (tertiary/aromatic N) is 2. The minimum absolute atomic E-state index is 0.0311. The van der Waals surface area contributed by atoms with E-state index in [-0.39, 0.29) is 18.1 Å². The highest BCUT2D eigenvalue weighted by molar-refractivity contribution is 6.35. The van der Waals surface area contributed by atoms with E-state index in [1.54, 1.807) is 42.5 Å². The maximum Gasteiger partial charge on any atom is 0.280 e. The van der Waals surface area contributed by atoms with Gasteiger partial charge in [0.2, 0.25) is 5.91 Å². The van der Waals surface area contributed by atoms with Crippen LogP contribution < -0.4 is 10.1 Å². The number of hydrogen-bond acceptors (Lipinski definition) is 6. The van der Waals surface area contributed by atoms with Gasteiger partial charge < -0.3 is 10.1 Å². The molecule has 0 unspecified atom stereocenters. The summed E-state index contributed by atoms with van der Waals surface area (Å²) in [6.45, 7) is 0. The molecule has 32 heavy (non-hydrogen) atoms. The van der Waals surface area contributed by atoms with Gasteiger partial charge in [-0.05, 0) is 42.3 Å².